The molecule has 0 radical (unpaired) electrons. The Hall–Kier alpha value is -2.45. The van der Waals surface area contributed by atoms with E-state index in [0.717, 1.165) is 12.8 Å². The highest BCUT2D eigenvalue weighted by Gasteiger charge is 2.35. The molecule has 2 aromatic heterocycles. The van der Waals surface area contributed by atoms with Crippen LogP contribution in [0.2, 0.25) is 0 Å². The van der Waals surface area contributed by atoms with Gasteiger partial charge in [-0.3, -0.25) is 9.78 Å². The van der Waals surface area contributed by atoms with E-state index in [1.54, 1.807) is 6.92 Å². The van der Waals surface area contributed by atoms with Crippen LogP contribution in [-0.4, -0.2) is 33.7 Å². The molecule has 0 N–H and O–H groups in total. The number of ketones is 1. The van der Waals surface area contributed by atoms with Crippen LogP contribution in [0, 0.1) is 12.3 Å². The molecule has 29 heavy (non-hydrogen) atoms. The molecule has 0 bridgehead atoms. The number of carbonyl (C=O) groups excluding carboxylic acids is 1. The van der Waals surface area contributed by atoms with E-state index >= 15 is 0 Å². The van der Waals surface area contributed by atoms with Gasteiger partial charge in [0.2, 0.25) is 5.89 Å². The van der Waals surface area contributed by atoms with Gasteiger partial charge in [-0.05, 0) is 24.2 Å². The Morgan fingerprint density at radius 2 is 2.00 bits per heavy atom. The normalized spacial score (nSPS) is 16.0. The number of carbonyl (C=O) groups is 1. The number of rotatable bonds is 7. The molecule has 2 heterocycles. The summed E-state index contributed by atoms with van der Waals surface area (Å²) in [7, 11) is 0. The van der Waals surface area contributed by atoms with Crippen molar-refractivity contribution in [3.05, 3.63) is 35.2 Å². The van der Waals surface area contributed by atoms with Crippen LogP contribution in [0.15, 0.2) is 16.8 Å². The second kappa shape index (κ2) is 7.76. The van der Waals surface area contributed by atoms with E-state index < -0.39 is 12.8 Å². The van der Waals surface area contributed by atoms with Gasteiger partial charge in [-0.25, -0.2) is 0 Å². The topological polar surface area (TPSA) is 78.1 Å². The zero-order valence-corrected chi connectivity index (χ0v) is 16.8. The van der Waals surface area contributed by atoms with E-state index in [4.69, 9.17) is 9.26 Å². The van der Waals surface area contributed by atoms with Crippen LogP contribution in [-0.2, 0) is 0 Å². The molecule has 0 aliphatic heterocycles. The minimum absolute atomic E-state index is 0.0525. The number of pyridine rings is 1. The first-order valence-electron chi connectivity index (χ1n) is 9.47. The number of hydrogen-bond donors (Lipinski definition) is 0. The number of hydrogen-bond acceptors (Lipinski definition) is 6. The van der Waals surface area contributed by atoms with Crippen molar-refractivity contribution in [2.24, 2.45) is 5.41 Å². The second-order valence-electron chi connectivity index (χ2n) is 8.50. The van der Waals surface area contributed by atoms with Crippen LogP contribution in [0.1, 0.15) is 79.6 Å². The number of aryl methyl sites for hydroxylation is 1. The average molecular weight is 411 g/mol. The van der Waals surface area contributed by atoms with Crippen LogP contribution in [0.25, 0.3) is 0 Å². The van der Waals surface area contributed by atoms with Crippen molar-refractivity contribution in [3.63, 3.8) is 0 Å². The van der Waals surface area contributed by atoms with Gasteiger partial charge in [0.15, 0.2) is 18.2 Å². The third-order valence-corrected chi connectivity index (χ3v) is 4.88. The van der Waals surface area contributed by atoms with Gasteiger partial charge in [-0.2, -0.15) is 18.2 Å². The summed E-state index contributed by atoms with van der Waals surface area (Å²) in [5.41, 5.74) is 0.350. The molecule has 1 atom stereocenters. The van der Waals surface area contributed by atoms with Crippen molar-refractivity contribution in [3.8, 4) is 5.75 Å². The highest BCUT2D eigenvalue weighted by molar-refractivity contribution is 5.95. The van der Waals surface area contributed by atoms with Crippen LogP contribution < -0.4 is 4.74 Å². The number of Topliss-reactive ketones (excluding diaryl/α,β-unsaturated/α-hetero) is 1. The lowest BCUT2D eigenvalue weighted by atomic mass is 9.77. The molecule has 2 aromatic rings. The van der Waals surface area contributed by atoms with E-state index in [2.05, 4.69) is 15.1 Å². The van der Waals surface area contributed by atoms with Crippen molar-refractivity contribution in [1.29, 1.82) is 0 Å². The van der Waals surface area contributed by atoms with Gasteiger partial charge in [0.05, 0.1) is 0 Å². The zero-order valence-electron chi connectivity index (χ0n) is 16.8. The molecule has 1 fully saturated rings. The van der Waals surface area contributed by atoms with E-state index in [1.807, 2.05) is 20.8 Å². The first-order chi connectivity index (χ1) is 13.4. The Morgan fingerprint density at radius 1 is 1.31 bits per heavy atom. The number of ether oxygens (including phenoxy) is 1. The van der Waals surface area contributed by atoms with Crippen LogP contribution >= 0.6 is 0 Å². The Balaban J connectivity index is 1.83. The Morgan fingerprint density at radius 3 is 2.52 bits per heavy atom. The van der Waals surface area contributed by atoms with Crippen molar-refractivity contribution in [2.45, 2.75) is 65.0 Å². The van der Waals surface area contributed by atoms with Crippen molar-refractivity contribution in [1.82, 2.24) is 15.1 Å². The summed E-state index contributed by atoms with van der Waals surface area (Å²) >= 11 is 0. The molecule has 1 aliphatic carbocycles. The summed E-state index contributed by atoms with van der Waals surface area (Å²) in [6, 6.07) is 1.32. The van der Waals surface area contributed by atoms with Crippen molar-refractivity contribution in [2.75, 3.05) is 6.61 Å². The quantitative estimate of drug-likeness (QED) is 0.597. The molecule has 1 unspecified atom stereocenters. The maximum atomic E-state index is 12.9. The summed E-state index contributed by atoms with van der Waals surface area (Å²) in [5, 5.41) is 3.94. The van der Waals surface area contributed by atoms with Gasteiger partial charge in [0.1, 0.15) is 11.4 Å². The summed E-state index contributed by atoms with van der Waals surface area (Å²) in [5.74, 6) is 0.386. The fourth-order valence-corrected chi connectivity index (χ4v) is 3.12. The van der Waals surface area contributed by atoms with Gasteiger partial charge in [-0.1, -0.05) is 25.9 Å². The average Bonchev–Trinajstić information content (AvgIpc) is 3.37. The zero-order chi connectivity index (χ0) is 21.4. The lowest BCUT2D eigenvalue weighted by Crippen LogP contribution is -2.23. The number of nitrogens with zero attached hydrogens (tertiary/aromatic N) is 3. The summed E-state index contributed by atoms with van der Waals surface area (Å²) < 4.78 is 47.9. The van der Waals surface area contributed by atoms with E-state index in [9.17, 15) is 18.0 Å². The molecule has 0 amide bonds. The Bertz CT molecular complexity index is 883. The predicted octanol–water partition coefficient (Wildman–Crippen LogP) is 4.99. The summed E-state index contributed by atoms with van der Waals surface area (Å²) in [6.07, 6.45) is -1.19. The molecule has 158 valence electrons. The molecule has 3 rings (SSSR count). The highest BCUT2D eigenvalue weighted by atomic mass is 19.4. The third-order valence-electron chi connectivity index (χ3n) is 4.88. The molecule has 6 nitrogen and oxygen atoms in total. The number of alkyl halides is 3. The van der Waals surface area contributed by atoms with Gasteiger partial charge < -0.3 is 9.26 Å². The maximum absolute atomic E-state index is 12.9. The highest BCUT2D eigenvalue weighted by Crippen LogP contribution is 2.44. The van der Waals surface area contributed by atoms with Crippen LogP contribution in [0.3, 0.4) is 0 Å². The Labute approximate surface area is 166 Å². The number of halogens is 3. The molecular weight excluding hydrogens is 387 g/mol. The second-order valence-corrected chi connectivity index (χ2v) is 8.50. The van der Waals surface area contributed by atoms with Crippen molar-refractivity contribution >= 4 is 5.78 Å². The van der Waals surface area contributed by atoms with Gasteiger partial charge in [-0.15, -0.1) is 0 Å². The molecule has 0 spiro atoms. The number of aromatic nitrogens is 3. The van der Waals surface area contributed by atoms with Crippen LogP contribution in [0.5, 0.6) is 5.75 Å². The standard InChI is InChI=1S/C20H24F3N3O3/c1-11-25-18(26-29-11)14(19(2,3)4)7-16(27)15-8-17(28-10-20(21,22)23)13(9-24-15)12-5-6-12/h8-9,12,14H,5-7,10H2,1-4H3. The molecule has 0 saturated heterocycles. The van der Waals surface area contributed by atoms with Crippen LogP contribution in [0.4, 0.5) is 13.2 Å². The lowest BCUT2D eigenvalue weighted by molar-refractivity contribution is -0.153. The van der Waals surface area contributed by atoms with Crippen molar-refractivity contribution < 1.29 is 27.2 Å². The van der Waals surface area contributed by atoms with E-state index in [1.165, 1.54) is 12.3 Å². The predicted molar refractivity (Wildman–Crippen MR) is 97.9 cm³/mol. The smallest absolute Gasteiger partial charge is 0.422 e. The fourth-order valence-electron chi connectivity index (χ4n) is 3.12. The van der Waals surface area contributed by atoms with Gasteiger partial charge in [0.25, 0.3) is 0 Å². The summed E-state index contributed by atoms with van der Waals surface area (Å²) in [6.45, 7) is 6.13. The SMILES string of the molecule is Cc1nc(C(CC(=O)c2cc(OCC(F)(F)F)c(C3CC3)cn2)C(C)(C)C)no1. The monoisotopic (exact) mass is 411 g/mol. The van der Waals surface area contributed by atoms with Gasteiger partial charge in [0, 0.05) is 37.1 Å². The molecule has 1 saturated carbocycles. The minimum atomic E-state index is -4.46. The lowest BCUT2D eigenvalue weighted by Gasteiger charge is -2.27. The van der Waals surface area contributed by atoms with E-state index in [-0.39, 0.29) is 40.9 Å². The first-order valence-corrected chi connectivity index (χ1v) is 9.47. The Kier molecular flexibility index (Phi) is 5.69. The largest absolute Gasteiger partial charge is 0.484 e. The maximum Gasteiger partial charge on any atom is 0.422 e. The first kappa shape index (κ1) is 21.3. The molecular formula is C20H24F3N3O3. The third kappa shape index (κ3) is 5.55. The fraction of sp³-hybridized carbons (Fsp3) is 0.600. The molecule has 1 aliphatic rings. The molecule has 0 aromatic carbocycles. The minimum Gasteiger partial charge on any atom is -0.484 e. The summed E-state index contributed by atoms with van der Waals surface area (Å²) in [4.78, 5) is 21.4. The van der Waals surface area contributed by atoms with E-state index in [0.29, 0.717) is 17.3 Å². The van der Waals surface area contributed by atoms with Gasteiger partial charge >= 0.3 is 6.18 Å². The molecule has 9 heteroatoms.